The van der Waals surface area contributed by atoms with Gasteiger partial charge in [-0.2, -0.15) is 10.4 Å². The smallest absolute Gasteiger partial charge is 0.360 e. The lowest BCUT2D eigenvalue weighted by Gasteiger charge is -1.98. The summed E-state index contributed by atoms with van der Waals surface area (Å²) in [6.45, 7) is 0. The Hall–Kier alpha value is -2.88. The molecule has 0 saturated carbocycles. The van der Waals surface area contributed by atoms with Crippen molar-refractivity contribution in [1.82, 2.24) is 14.8 Å². The Bertz CT molecular complexity index is 624. The third-order valence-corrected chi connectivity index (χ3v) is 2.23. The Morgan fingerprint density at radius 2 is 2.33 bits per heavy atom. The van der Waals surface area contributed by atoms with Gasteiger partial charge in [0.05, 0.1) is 24.6 Å². The second kappa shape index (κ2) is 4.55. The maximum atomic E-state index is 11.3. The number of hydrogen-bond donors (Lipinski definition) is 1. The number of ether oxygens (including phenoxy) is 1. The summed E-state index contributed by atoms with van der Waals surface area (Å²) < 4.78 is 5.89. The molecule has 0 radical (unpaired) electrons. The van der Waals surface area contributed by atoms with Gasteiger partial charge in [0.15, 0.2) is 11.5 Å². The third-order valence-electron chi connectivity index (χ3n) is 2.23. The number of nitriles is 1. The molecule has 18 heavy (non-hydrogen) atoms. The van der Waals surface area contributed by atoms with Gasteiger partial charge >= 0.3 is 5.97 Å². The van der Waals surface area contributed by atoms with E-state index in [1.54, 1.807) is 12.1 Å². The fraction of sp³-hybridized carbons (Fsp3) is 0.0909. The van der Waals surface area contributed by atoms with Crippen LogP contribution in [0.25, 0.3) is 5.82 Å². The van der Waals surface area contributed by atoms with E-state index in [4.69, 9.17) is 11.0 Å². The summed E-state index contributed by atoms with van der Waals surface area (Å²) in [7, 11) is 1.25. The first kappa shape index (κ1) is 11.6. The summed E-state index contributed by atoms with van der Waals surface area (Å²) in [5.41, 5.74) is 6.32. The van der Waals surface area contributed by atoms with Crippen LogP contribution < -0.4 is 5.73 Å². The van der Waals surface area contributed by atoms with Crippen molar-refractivity contribution >= 4 is 11.7 Å². The third kappa shape index (κ3) is 1.99. The summed E-state index contributed by atoms with van der Waals surface area (Å²) in [6.07, 6.45) is 2.87. The second-order valence-electron chi connectivity index (χ2n) is 3.39. The van der Waals surface area contributed by atoms with Gasteiger partial charge < -0.3 is 10.5 Å². The topological polar surface area (TPSA) is 107 Å². The Kier molecular flexibility index (Phi) is 2.93. The van der Waals surface area contributed by atoms with Crippen LogP contribution >= 0.6 is 0 Å². The summed E-state index contributed by atoms with van der Waals surface area (Å²) in [5.74, 6) is -0.157. The van der Waals surface area contributed by atoms with Crippen LogP contribution in [0.3, 0.4) is 0 Å². The van der Waals surface area contributed by atoms with E-state index >= 15 is 0 Å². The molecular weight excluding hydrogens is 234 g/mol. The minimum Gasteiger partial charge on any atom is -0.464 e. The lowest BCUT2D eigenvalue weighted by Crippen LogP contribution is -2.06. The molecule has 0 unspecified atom stereocenters. The van der Waals surface area contributed by atoms with Crippen LogP contribution in [0.4, 0.5) is 5.69 Å². The standard InChI is InChI=1S/C11H9N5O2/c1-18-11(17)10-8(13)6-16(15-10)9-3-2-7(4-12)5-14-9/h2-3,5-6H,13H2,1H3. The van der Waals surface area contributed by atoms with E-state index in [-0.39, 0.29) is 11.4 Å². The van der Waals surface area contributed by atoms with Gasteiger partial charge in [0.1, 0.15) is 6.07 Å². The number of anilines is 1. The Morgan fingerprint density at radius 1 is 1.56 bits per heavy atom. The number of nitrogens with zero attached hydrogens (tertiary/aromatic N) is 4. The maximum Gasteiger partial charge on any atom is 0.360 e. The van der Waals surface area contributed by atoms with Gasteiger partial charge in [-0.15, -0.1) is 0 Å². The lowest BCUT2D eigenvalue weighted by molar-refractivity contribution is 0.0594. The number of pyridine rings is 1. The van der Waals surface area contributed by atoms with E-state index in [9.17, 15) is 4.79 Å². The molecule has 7 nitrogen and oxygen atoms in total. The lowest BCUT2D eigenvalue weighted by atomic mass is 10.3. The van der Waals surface area contributed by atoms with Crippen molar-refractivity contribution in [1.29, 1.82) is 5.26 Å². The van der Waals surface area contributed by atoms with Gasteiger partial charge in [-0.3, -0.25) is 0 Å². The van der Waals surface area contributed by atoms with E-state index in [1.165, 1.54) is 24.2 Å². The molecule has 7 heteroatoms. The van der Waals surface area contributed by atoms with Crippen molar-refractivity contribution in [2.24, 2.45) is 0 Å². The molecule has 0 spiro atoms. The highest BCUT2D eigenvalue weighted by Crippen LogP contribution is 2.13. The van der Waals surface area contributed by atoms with Crippen molar-refractivity contribution in [3.05, 3.63) is 35.8 Å². The zero-order valence-corrected chi connectivity index (χ0v) is 9.49. The Labute approximate surface area is 102 Å². The molecule has 2 heterocycles. The molecule has 0 bridgehead atoms. The molecule has 0 aliphatic heterocycles. The molecule has 0 fully saturated rings. The molecule has 0 aliphatic rings. The zero-order valence-electron chi connectivity index (χ0n) is 9.49. The molecule has 2 aromatic heterocycles. The molecule has 2 N–H and O–H groups in total. The predicted molar refractivity (Wildman–Crippen MR) is 61.8 cm³/mol. The van der Waals surface area contributed by atoms with Crippen molar-refractivity contribution in [3.8, 4) is 11.9 Å². The van der Waals surface area contributed by atoms with Crippen LogP contribution in [0.5, 0.6) is 0 Å². The van der Waals surface area contributed by atoms with Gasteiger partial charge in [-0.1, -0.05) is 0 Å². The highest BCUT2D eigenvalue weighted by atomic mass is 16.5. The van der Waals surface area contributed by atoms with Gasteiger partial charge in [-0.25, -0.2) is 14.5 Å². The van der Waals surface area contributed by atoms with E-state index in [0.29, 0.717) is 11.4 Å². The first-order valence-corrected chi connectivity index (χ1v) is 4.95. The Balaban J connectivity index is 2.39. The van der Waals surface area contributed by atoms with Crippen LogP contribution in [0, 0.1) is 11.3 Å². The SMILES string of the molecule is COC(=O)c1nn(-c2ccc(C#N)cn2)cc1N. The van der Waals surface area contributed by atoms with Crippen LogP contribution in [0.1, 0.15) is 16.1 Å². The average Bonchev–Trinajstić information content (AvgIpc) is 2.80. The molecule has 90 valence electrons. The van der Waals surface area contributed by atoms with Crippen LogP contribution in [-0.4, -0.2) is 27.8 Å². The average molecular weight is 243 g/mol. The number of aromatic nitrogens is 3. The fourth-order valence-corrected chi connectivity index (χ4v) is 1.35. The number of esters is 1. The van der Waals surface area contributed by atoms with Crippen molar-refractivity contribution < 1.29 is 9.53 Å². The highest BCUT2D eigenvalue weighted by Gasteiger charge is 2.16. The summed E-state index contributed by atoms with van der Waals surface area (Å²) in [5, 5.41) is 12.6. The second-order valence-corrected chi connectivity index (χ2v) is 3.39. The number of rotatable bonds is 2. The molecule has 0 aliphatic carbocycles. The fourth-order valence-electron chi connectivity index (χ4n) is 1.35. The number of nitrogen functional groups attached to an aromatic ring is 1. The number of carbonyl (C=O) groups is 1. The normalized spacial score (nSPS) is 9.78. The van der Waals surface area contributed by atoms with E-state index in [1.807, 2.05) is 6.07 Å². The molecular formula is C11H9N5O2. The van der Waals surface area contributed by atoms with Crippen molar-refractivity contribution in [3.63, 3.8) is 0 Å². The first-order chi connectivity index (χ1) is 8.65. The number of hydrogen-bond acceptors (Lipinski definition) is 6. The molecule has 0 atom stereocenters. The van der Waals surface area contributed by atoms with Crippen LogP contribution in [-0.2, 0) is 4.74 Å². The van der Waals surface area contributed by atoms with Gasteiger partial charge in [0, 0.05) is 6.20 Å². The largest absolute Gasteiger partial charge is 0.464 e. The highest BCUT2D eigenvalue weighted by molar-refractivity contribution is 5.92. The van der Waals surface area contributed by atoms with E-state index in [0.717, 1.165) is 0 Å². The Morgan fingerprint density at radius 3 is 2.89 bits per heavy atom. The minimum absolute atomic E-state index is 0.0312. The van der Waals surface area contributed by atoms with Crippen LogP contribution in [0.15, 0.2) is 24.5 Å². The van der Waals surface area contributed by atoms with Crippen LogP contribution in [0.2, 0.25) is 0 Å². The molecule has 0 amide bonds. The van der Waals surface area contributed by atoms with Crippen molar-refractivity contribution in [2.75, 3.05) is 12.8 Å². The molecule has 0 saturated heterocycles. The van der Waals surface area contributed by atoms with Crippen molar-refractivity contribution in [2.45, 2.75) is 0 Å². The first-order valence-electron chi connectivity index (χ1n) is 4.95. The quantitative estimate of drug-likeness (QED) is 0.770. The zero-order chi connectivity index (χ0) is 13.1. The number of nitrogens with two attached hydrogens (primary N) is 1. The molecule has 2 rings (SSSR count). The van der Waals surface area contributed by atoms with Gasteiger partial charge in [-0.05, 0) is 12.1 Å². The van der Waals surface area contributed by atoms with E-state index in [2.05, 4.69) is 14.8 Å². The van der Waals surface area contributed by atoms with Gasteiger partial charge in [0.2, 0.25) is 0 Å². The predicted octanol–water partition coefficient (Wildman–Crippen LogP) is 0.508. The summed E-state index contributed by atoms with van der Waals surface area (Å²) >= 11 is 0. The van der Waals surface area contributed by atoms with E-state index < -0.39 is 5.97 Å². The maximum absolute atomic E-state index is 11.3. The summed E-state index contributed by atoms with van der Waals surface area (Å²) in [6, 6.07) is 5.16. The number of methoxy groups -OCH3 is 1. The monoisotopic (exact) mass is 243 g/mol. The summed E-state index contributed by atoms with van der Waals surface area (Å²) in [4.78, 5) is 15.4. The van der Waals surface area contributed by atoms with Gasteiger partial charge in [0.25, 0.3) is 0 Å². The minimum atomic E-state index is -0.611. The number of carbonyl (C=O) groups excluding carboxylic acids is 1. The molecule has 2 aromatic rings. The molecule has 0 aromatic carbocycles.